The minimum absolute atomic E-state index is 0.193. The first-order valence-corrected chi connectivity index (χ1v) is 10.4. The van der Waals surface area contributed by atoms with Gasteiger partial charge >= 0.3 is 11.9 Å². The third kappa shape index (κ3) is 3.57. The number of hydrogen-bond acceptors (Lipinski definition) is 4. The van der Waals surface area contributed by atoms with Gasteiger partial charge in [-0.25, -0.2) is 4.79 Å². The number of rotatable bonds is 6. The maximum atomic E-state index is 12.6. The van der Waals surface area contributed by atoms with Crippen molar-refractivity contribution in [2.75, 3.05) is 6.61 Å². The molecule has 4 nitrogen and oxygen atoms in total. The second kappa shape index (κ2) is 6.69. The molecule has 0 amide bonds. The van der Waals surface area contributed by atoms with Crippen molar-refractivity contribution in [1.29, 1.82) is 0 Å². The van der Waals surface area contributed by atoms with Crippen molar-refractivity contribution in [1.82, 2.24) is 0 Å². The van der Waals surface area contributed by atoms with Gasteiger partial charge in [-0.3, -0.25) is 4.79 Å². The molecular formula is C22H32O4. The standard InChI is InChI=1S/C22H32O4/c1-15(2)20(24)26-22(5-3-4-6-22)13-19(23)25-14-21-10-16-7-17(11-21)9-18(8-16)12-21/h16-18H,1,3-14H2,2H3. The molecule has 0 unspecified atom stereocenters. The molecule has 4 heteroatoms. The lowest BCUT2D eigenvalue weighted by Gasteiger charge is -2.56. The molecule has 5 fully saturated rings. The van der Waals surface area contributed by atoms with Crippen LogP contribution in [0.4, 0.5) is 0 Å². The molecule has 4 bridgehead atoms. The van der Waals surface area contributed by atoms with Crippen molar-refractivity contribution >= 4 is 11.9 Å². The fraction of sp³-hybridized carbons (Fsp3) is 0.818. The maximum Gasteiger partial charge on any atom is 0.333 e. The molecule has 0 radical (unpaired) electrons. The van der Waals surface area contributed by atoms with E-state index in [1.54, 1.807) is 6.92 Å². The molecule has 26 heavy (non-hydrogen) atoms. The Labute approximate surface area is 156 Å². The summed E-state index contributed by atoms with van der Waals surface area (Å²) in [4.78, 5) is 24.6. The number of esters is 2. The highest BCUT2D eigenvalue weighted by Crippen LogP contribution is 2.60. The van der Waals surface area contributed by atoms with Gasteiger partial charge in [0.05, 0.1) is 13.0 Å². The van der Waals surface area contributed by atoms with E-state index in [2.05, 4.69) is 6.58 Å². The lowest BCUT2D eigenvalue weighted by Crippen LogP contribution is -2.48. The summed E-state index contributed by atoms with van der Waals surface area (Å²) in [5.74, 6) is 1.99. The van der Waals surface area contributed by atoms with Crippen molar-refractivity contribution in [2.24, 2.45) is 23.2 Å². The van der Waals surface area contributed by atoms with Crippen LogP contribution in [0.5, 0.6) is 0 Å². The van der Waals surface area contributed by atoms with E-state index in [-0.39, 0.29) is 23.8 Å². The van der Waals surface area contributed by atoms with Crippen molar-refractivity contribution in [3.8, 4) is 0 Å². The molecule has 0 heterocycles. The molecule has 0 saturated heterocycles. The van der Waals surface area contributed by atoms with Crippen LogP contribution >= 0.6 is 0 Å². The first kappa shape index (κ1) is 18.1. The molecule has 5 rings (SSSR count). The summed E-state index contributed by atoms with van der Waals surface area (Å²) in [5, 5.41) is 0. The molecule has 144 valence electrons. The van der Waals surface area contributed by atoms with Gasteiger partial charge < -0.3 is 9.47 Å². The summed E-state index contributed by atoms with van der Waals surface area (Å²) >= 11 is 0. The first-order chi connectivity index (χ1) is 12.4. The van der Waals surface area contributed by atoms with Crippen LogP contribution in [0.15, 0.2) is 12.2 Å². The van der Waals surface area contributed by atoms with E-state index in [1.807, 2.05) is 0 Å². The predicted octanol–water partition coefficient (Wildman–Crippen LogP) is 4.57. The van der Waals surface area contributed by atoms with Gasteiger partial charge in [-0.1, -0.05) is 6.58 Å². The summed E-state index contributed by atoms with van der Waals surface area (Å²) in [6.45, 7) is 5.88. The SMILES string of the molecule is C=C(C)C(=O)OC1(CC(=O)OCC23CC4CC(CC(C4)C2)C3)CCCC1. The molecule has 5 aliphatic rings. The zero-order valence-corrected chi connectivity index (χ0v) is 16.1. The van der Waals surface area contributed by atoms with E-state index in [1.165, 1.54) is 38.5 Å². The zero-order chi connectivity index (χ0) is 18.4. The molecule has 5 aliphatic carbocycles. The predicted molar refractivity (Wildman–Crippen MR) is 98.3 cm³/mol. The number of carbonyl (C=O) groups excluding carboxylic acids is 2. The summed E-state index contributed by atoms with van der Waals surface area (Å²) < 4.78 is 11.5. The van der Waals surface area contributed by atoms with E-state index in [0.29, 0.717) is 12.2 Å². The van der Waals surface area contributed by atoms with Crippen LogP contribution in [0.25, 0.3) is 0 Å². The lowest BCUT2D eigenvalue weighted by molar-refractivity contribution is -0.168. The van der Waals surface area contributed by atoms with Gasteiger partial charge in [0.1, 0.15) is 5.60 Å². The summed E-state index contributed by atoms with van der Waals surface area (Å²) in [6.07, 6.45) is 11.6. The molecule has 0 aromatic rings. The number of carbonyl (C=O) groups is 2. The van der Waals surface area contributed by atoms with Crippen molar-refractivity contribution in [2.45, 2.75) is 83.2 Å². The van der Waals surface area contributed by atoms with Gasteiger partial charge in [0.2, 0.25) is 0 Å². The Kier molecular flexibility index (Phi) is 4.65. The Morgan fingerprint density at radius 3 is 2.04 bits per heavy atom. The molecule has 0 spiro atoms. The van der Waals surface area contributed by atoms with Gasteiger partial charge in [0.15, 0.2) is 0 Å². The highest BCUT2D eigenvalue weighted by molar-refractivity contribution is 5.87. The normalized spacial score (nSPS) is 36.7. The largest absolute Gasteiger partial charge is 0.465 e. The highest BCUT2D eigenvalue weighted by Gasteiger charge is 2.51. The van der Waals surface area contributed by atoms with Gasteiger partial charge in [-0.2, -0.15) is 0 Å². The minimum Gasteiger partial charge on any atom is -0.465 e. The van der Waals surface area contributed by atoms with Crippen molar-refractivity contribution < 1.29 is 19.1 Å². The number of ether oxygens (including phenoxy) is 2. The van der Waals surface area contributed by atoms with Gasteiger partial charge in [0.25, 0.3) is 0 Å². The van der Waals surface area contributed by atoms with E-state index in [9.17, 15) is 9.59 Å². The molecule has 5 saturated carbocycles. The Morgan fingerprint density at radius 1 is 1.00 bits per heavy atom. The molecule has 0 N–H and O–H groups in total. The quantitative estimate of drug-likeness (QED) is 0.514. The Bertz CT molecular complexity index is 564. The van der Waals surface area contributed by atoms with Crippen LogP contribution in [0, 0.1) is 23.2 Å². The van der Waals surface area contributed by atoms with E-state index < -0.39 is 5.60 Å². The Morgan fingerprint density at radius 2 is 1.54 bits per heavy atom. The van der Waals surface area contributed by atoms with E-state index in [4.69, 9.17) is 9.47 Å². The summed E-state index contributed by atoms with van der Waals surface area (Å²) in [7, 11) is 0. The van der Waals surface area contributed by atoms with Crippen LogP contribution in [0.3, 0.4) is 0 Å². The Hall–Kier alpha value is -1.32. The molecular weight excluding hydrogens is 328 g/mol. The highest BCUT2D eigenvalue weighted by atomic mass is 16.6. The second-order valence-electron chi connectivity index (χ2n) is 9.81. The topological polar surface area (TPSA) is 52.6 Å². The fourth-order valence-corrected chi connectivity index (χ4v) is 6.63. The van der Waals surface area contributed by atoms with Crippen LogP contribution in [0.2, 0.25) is 0 Å². The smallest absolute Gasteiger partial charge is 0.333 e. The van der Waals surface area contributed by atoms with E-state index >= 15 is 0 Å². The van der Waals surface area contributed by atoms with Crippen LogP contribution in [0.1, 0.15) is 77.6 Å². The molecule has 0 atom stereocenters. The Balaban J connectivity index is 1.34. The number of hydrogen-bond donors (Lipinski definition) is 0. The van der Waals surface area contributed by atoms with Crippen LogP contribution in [-0.2, 0) is 19.1 Å². The van der Waals surface area contributed by atoms with Gasteiger partial charge in [0, 0.05) is 11.0 Å². The van der Waals surface area contributed by atoms with Crippen molar-refractivity contribution in [3.63, 3.8) is 0 Å². The maximum absolute atomic E-state index is 12.6. The third-order valence-corrected chi connectivity index (χ3v) is 7.34. The minimum atomic E-state index is -0.672. The van der Waals surface area contributed by atoms with Gasteiger partial charge in [-0.05, 0) is 88.9 Å². The molecule has 0 aromatic carbocycles. The summed E-state index contributed by atoms with van der Waals surface area (Å²) in [5.41, 5.74) is -0.0471. The van der Waals surface area contributed by atoms with Gasteiger partial charge in [-0.15, -0.1) is 0 Å². The fourth-order valence-electron chi connectivity index (χ4n) is 6.63. The van der Waals surface area contributed by atoms with Crippen LogP contribution in [-0.4, -0.2) is 24.1 Å². The third-order valence-electron chi connectivity index (χ3n) is 7.34. The summed E-state index contributed by atoms with van der Waals surface area (Å²) in [6, 6.07) is 0. The van der Waals surface area contributed by atoms with E-state index in [0.717, 1.165) is 43.4 Å². The average molecular weight is 360 g/mol. The van der Waals surface area contributed by atoms with Crippen LogP contribution < -0.4 is 0 Å². The molecule has 0 aromatic heterocycles. The second-order valence-corrected chi connectivity index (χ2v) is 9.81. The molecule has 0 aliphatic heterocycles. The first-order valence-electron chi connectivity index (χ1n) is 10.4. The van der Waals surface area contributed by atoms with Crippen molar-refractivity contribution in [3.05, 3.63) is 12.2 Å². The lowest BCUT2D eigenvalue weighted by atomic mass is 9.50. The monoisotopic (exact) mass is 360 g/mol. The zero-order valence-electron chi connectivity index (χ0n) is 16.1. The average Bonchev–Trinajstić information content (AvgIpc) is 3.00.